The molecule has 84 valence electrons. The Kier molecular flexibility index (Phi) is 4.07. The summed E-state index contributed by atoms with van der Waals surface area (Å²) in [4.78, 5) is 3.78. The predicted octanol–water partition coefficient (Wildman–Crippen LogP) is 3.93. The van der Waals surface area contributed by atoms with Gasteiger partial charge < -0.3 is 9.84 Å². The SMILES string of the molecule is COc1nc(C(Cl)(Cl)Cl)c(Cl)c(O)c1Cl. The molecule has 0 fully saturated rings. The van der Waals surface area contributed by atoms with E-state index in [1.54, 1.807) is 0 Å². The molecular formula is C7H4Cl5NO2. The Hall–Kier alpha value is 0.200. The van der Waals surface area contributed by atoms with Gasteiger partial charge in [-0.3, -0.25) is 0 Å². The molecule has 0 unspecified atom stereocenters. The predicted molar refractivity (Wildman–Crippen MR) is 61.7 cm³/mol. The van der Waals surface area contributed by atoms with Gasteiger partial charge in [0.15, 0.2) is 5.75 Å². The molecule has 0 amide bonds. The fourth-order valence-corrected chi connectivity index (χ4v) is 1.93. The number of alkyl halides is 3. The second-order valence-electron chi connectivity index (χ2n) is 2.44. The monoisotopic (exact) mass is 309 g/mol. The largest absolute Gasteiger partial charge is 0.505 e. The van der Waals surface area contributed by atoms with Crippen molar-refractivity contribution in [3.63, 3.8) is 0 Å². The van der Waals surface area contributed by atoms with E-state index in [9.17, 15) is 5.11 Å². The Morgan fingerprint density at radius 3 is 2.13 bits per heavy atom. The van der Waals surface area contributed by atoms with Crippen LogP contribution in [0.1, 0.15) is 5.69 Å². The van der Waals surface area contributed by atoms with Crippen LogP contribution in [0.15, 0.2) is 0 Å². The standard InChI is InChI=1S/C7H4Cl5NO2/c1-15-6-3(9)4(14)2(8)5(13-6)7(10,11)12/h1H3,(H,13,14). The van der Waals surface area contributed by atoms with Gasteiger partial charge in [-0.1, -0.05) is 58.0 Å². The van der Waals surface area contributed by atoms with Gasteiger partial charge in [0.1, 0.15) is 15.7 Å². The summed E-state index contributed by atoms with van der Waals surface area (Å²) in [6.45, 7) is 0. The third-order valence-corrected chi connectivity index (χ3v) is 2.72. The van der Waals surface area contributed by atoms with E-state index in [0.717, 1.165) is 0 Å². The summed E-state index contributed by atoms with van der Waals surface area (Å²) in [6, 6.07) is 0. The van der Waals surface area contributed by atoms with Gasteiger partial charge in [-0.2, -0.15) is 0 Å². The number of methoxy groups -OCH3 is 1. The molecular weight excluding hydrogens is 307 g/mol. The minimum Gasteiger partial charge on any atom is -0.505 e. The molecule has 8 heteroatoms. The number of hydrogen-bond donors (Lipinski definition) is 1. The molecule has 1 rings (SSSR count). The summed E-state index contributed by atoms with van der Waals surface area (Å²) < 4.78 is 2.91. The minimum absolute atomic E-state index is 0.0695. The first kappa shape index (κ1) is 13.3. The van der Waals surface area contributed by atoms with E-state index >= 15 is 0 Å². The van der Waals surface area contributed by atoms with Crippen molar-refractivity contribution < 1.29 is 9.84 Å². The molecule has 1 N–H and O–H groups in total. The van der Waals surface area contributed by atoms with Crippen molar-refractivity contribution in [3.05, 3.63) is 15.7 Å². The maximum atomic E-state index is 9.50. The van der Waals surface area contributed by atoms with Crippen LogP contribution in [0, 0.1) is 0 Å². The average molecular weight is 311 g/mol. The number of pyridine rings is 1. The zero-order valence-corrected chi connectivity index (χ0v) is 11.0. The number of aromatic nitrogens is 1. The van der Waals surface area contributed by atoms with Crippen molar-refractivity contribution in [1.29, 1.82) is 0 Å². The van der Waals surface area contributed by atoms with Crippen LogP contribution in [0.4, 0.5) is 0 Å². The Labute approximate surface area is 111 Å². The smallest absolute Gasteiger partial charge is 0.236 e. The molecule has 1 aromatic heterocycles. The first-order valence-corrected chi connectivity index (χ1v) is 5.37. The molecule has 0 aliphatic carbocycles. The number of aromatic hydroxyl groups is 1. The molecule has 0 saturated carbocycles. The Morgan fingerprint density at radius 1 is 1.20 bits per heavy atom. The zero-order chi connectivity index (χ0) is 11.8. The van der Waals surface area contributed by atoms with E-state index in [-0.39, 0.29) is 21.6 Å². The Balaban J connectivity index is 3.49. The molecule has 0 spiro atoms. The summed E-state index contributed by atoms with van der Waals surface area (Å²) >= 11 is 28.1. The normalized spacial score (nSPS) is 11.6. The van der Waals surface area contributed by atoms with Crippen LogP contribution >= 0.6 is 58.0 Å². The van der Waals surface area contributed by atoms with Crippen molar-refractivity contribution in [2.24, 2.45) is 0 Å². The number of halogens is 5. The fraction of sp³-hybridized carbons (Fsp3) is 0.286. The van der Waals surface area contributed by atoms with Gasteiger partial charge in [0, 0.05) is 0 Å². The van der Waals surface area contributed by atoms with E-state index < -0.39 is 9.54 Å². The molecule has 0 saturated heterocycles. The Bertz CT molecular complexity index is 390. The van der Waals surface area contributed by atoms with Crippen molar-refractivity contribution >= 4 is 58.0 Å². The van der Waals surface area contributed by atoms with E-state index in [4.69, 9.17) is 62.7 Å². The highest BCUT2D eigenvalue weighted by molar-refractivity contribution is 6.67. The molecule has 3 nitrogen and oxygen atoms in total. The molecule has 0 aliphatic heterocycles. The molecule has 0 radical (unpaired) electrons. The quantitative estimate of drug-likeness (QED) is 0.799. The number of nitrogens with zero attached hydrogens (tertiary/aromatic N) is 1. The summed E-state index contributed by atoms with van der Waals surface area (Å²) in [7, 11) is 1.31. The van der Waals surface area contributed by atoms with Gasteiger partial charge in [0.05, 0.1) is 7.11 Å². The first-order chi connectivity index (χ1) is 6.79. The lowest BCUT2D eigenvalue weighted by molar-refractivity contribution is 0.390. The maximum absolute atomic E-state index is 9.50. The van der Waals surface area contributed by atoms with Crippen molar-refractivity contribution in [2.45, 2.75) is 3.79 Å². The minimum atomic E-state index is -1.87. The van der Waals surface area contributed by atoms with Crippen LogP contribution in [0.25, 0.3) is 0 Å². The van der Waals surface area contributed by atoms with Crippen LogP contribution in [-0.4, -0.2) is 17.2 Å². The fourth-order valence-electron chi connectivity index (χ4n) is 0.833. The highest BCUT2D eigenvalue weighted by Crippen LogP contribution is 2.47. The van der Waals surface area contributed by atoms with E-state index in [1.807, 2.05) is 0 Å². The first-order valence-electron chi connectivity index (χ1n) is 3.48. The third-order valence-electron chi connectivity index (χ3n) is 1.49. The summed E-state index contributed by atoms with van der Waals surface area (Å²) in [5.74, 6) is -0.508. The summed E-state index contributed by atoms with van der Waals surface area (Å²) in [5.41, 5.74) is -0.145. The molecule has 1 aromatic rings. The van der Waals surface area contributed by atoms with Crippen LogP contribution in [0.3, 0.4) is 0 Å². The van der Waals surface area contributed by atoms with E-state index in [0.29, 0.717) is 0 Å². The highest BCUT2D eigenvalue weighted by Gasteiger charge is 2.32. The van der Waals surface area contributed by atoms with Gasteiger partial charge in [-0.25, -0.2) is 4.98 Å². The van der Waals surface area contributed by atoms with Gasteiger partial charge in [-0.15, -0.1) is 0 Å². The van der Waals surface area contributed by atoms with Crippen LogP contribution in [0.2, 0.25) is 10.0 Å². The molecule has 1 heterocycles. The maximum Gasteiger partial charge on any atom is 0.236 e. The van der Waals surface area contributed by atoms with Gasteiger partial charge in [-0.05, 0) is 0 Å². The van der Waals surface area contributed by atoms with Gasteiger partial charge in [0.25, 0.3) is 0 Å². The van der Waals surface area contributed by atoms with E-state index in [2.05, 4.69) is 4.98 Å². The van der Waals surface area contributed by atoms with Crippen molar-refractivity contribution in [2.75, 3.05) is 7.11 Å². The van der Waals surface area contributed by atoms with Gasteiger partial charge >= 0.3 is 0 Å². The lowest BCUT2D eigenvalue weighted by Crippen LogP contribution is -2.06. The second-order valence-corrected chi connectivity index (χ2v) is 5.48. The van der Waals surface area contributed by atoms with Gasteiger partial charge in [0.2, 0.25) is 9.67 Å². The van der Waals surface area contributed by atoms with Crippen molar-refractivity contribution in [3.8, 4) is 11.6 Å². The van der Waals surface area contributed by atoms with Crippen molar-refractivity contribution in [1.82, 2.24) is 4.98 Å². The van der Waals surface area contributed by atoms with Crippen LogP contribution in [-0.2, 0) is 3.79 Å². The molecule has 0 bridgehead atoms. The van der Waals surface area contributed by atoms with Crippen LogP contribution < -0.4 is 4.74 Å². The molecule has 0 atom stereocenters. The third kappa shape index (κ3) is 2.66. The number of ether oxygens (including phenoxy) is 1. The van der Waals surface area contributed by atoms with Crippen LogP contribution in [0.5, 0.6) is 11.6 Å². The summed E-state index contributed by atoms with van der Waals surface area (Å²) in [6.07, 6.45) is 0. The molecule has 0 aromatic carbocycles. The lowest BCUT2D eigenvalue weighted by atomic mass is 10.3. The topological polar surface area (TPSA) is 42.4 Å². The van der Waals surface area contributed by atoms with E-state index in [1.165, 1.54) is 7.11 Å². The lowest BCUT2D eigenvalue weighted by Gasteiger charge is -2.15. The summed E-state index contributed by atoms with van der Waals surface area (Å²) in [5, 5.41) is 9.14. The number of hydrogen-bond acceptors (Lipinski definition) is 3. The highest BCUT2D eigenvalue weighted by atomic mass is 35.6. The zero-order valence-electron chi connectivity index (χ0n) is 7.19. The molecule has 15 heavy (non-hydrogen) atoms. The average Bonchev–Trinajstić information content (AvgIpc) is 2.13. The molecule has 0 aliphatic rings. The number of rotatable bonds is 1. The Morgan fingerprint density at radius 2 is 1.73 bits per heavy atom. The second kappa shape index (κ2) is 4.60.